The van der Waals surface area contributed by atoms with E-state index in [1.807, 2.05) is 0 Å². The van der Waals surface area contributed by atoms with Crippen molar-refractivity contribution in [1.82, 2.24) is 15.5 Å². The molecule has 2 atom stereocenters. The van der Waals surface area contributed by atoms with Gasteiger partial charge in [-0.2, -0.15) is 0 Å². The van der Waals surface area contributed by atoms with Crippen LogP contribution in [0.3, 0.4) is 0 Å². The number of carbonyl (C=O) groups is 2. The molecule has 0 bridgehead atoms. The first kappa shape index (κ1) is 13.3. The first-order chi connectivity index (χ1) is 8.69. The fourth-order valence-electron chi connectivity index (χ4n) is 2.71. The van der Waals surface area contributed by atoms with Crippen LogP contribution in [0.15, 0.2) is 0 Å². The van der Waals surface area contributed by atoms with Gasteiger partial charge in [0, 0.05) is 26.1 Å². The largest absolute Gasteiger partial charge is 0.355 e. The lowest BCUT2D eigenvalue weighted by molar-refractivity contribution is -0.129. The molecule has 0 radical (unpaired) electrons. The van der Waals surface area contributed by atoms with Crippen LogP contribution in [0.4, 0.5) is 0 Å². The van der Waals surface area contributed by atoms with E-state index in [1.54, 1.807) is 0 Å². The third-order valence-electron chi connectivity index (χ3n) is 4.02. The molecule has 2 fully saturated rings. The first-order valence-electron chi connectivity index (χ1n) is 6.95. The minimum atomic E-state index is -0.0358. The maximum atomic E-state index is 11.9. The number of hydrogen-bond acceptors (Lipinski definition) is 3. The highest BCUT2D eigenvalue weighted by molar-refractivity contribution is 5.83. The summed E-state index contributed by atoms with van der Waals surface area (Å²) < 4.78 is 0. The molecule has 0 aliphatic carbocycles. The molecule has 2 rings (SSSR count). The number of carbonyl (C=O) groups excluding carboxylic acids is 2. The average molecular weight is 253 g/mol. The van der Waals surface area contributed by atoms with Crippen LogP contribution in [0.1, 0.15) is 26.2 Å². The zero-order valence-corrected chi connectivity index (χ0v) is 11.1. The van der Waals surface area contributed by atoms with Gasteiger partial charge in [0.25, 0.3) is 0 Å². The number of hydrogen-bond donors (Lipinski definition) is 2. The number of nitrogens with one attached hydrogen (secondary N) is 2. The lowest BCUT2D eigenvalue weighted by Crippen LogP contribution is -2.44. The molecule has 18 heavy (non-hydrogen) atoms. The highest BCUT2D eigenvalue weighted by Gasteiger charge is 2.26. The molecule has 0 aromatic carbocycles. The second-order valence-electron chi connectivity index (χ2n) is 5.33. The van der Waals surface area contributed by atoms with E-state index in [1.165, 1.54) is 6.42 Å². The van der Waals surface area contributed by atoms with Gasteiger partial charge < -0.3 is 15.5 Å². The monoisotopic (exact) mass is 253 g/mol. The molecule has 2 aliphatic heterocycles. The van der Waals surface area contributed by atoms with Crippen molar-refractivity contribution in [3.63, 3.8) is 0 Å². The summed E-state index contributed by atoms with van der Waals surface area (Å²) in [6.07, 6.45) is 2.34. The van der Waals surface area contributed by atoms with Gasteiger partial charge in [-0.1, -0.05) is 6.92 Å². The molecular weight excluding hydrogens is 230 g/mol. The van der Waals surface area contributed by atoms with Crippen LogP contribution in [0.25, 0.3) is 0 Å². The maximum absolute atomic E-state index is 11.9. The molecule has 0 saturated carbocycles. The summed E-state index contributed by atoms with van der Waals surface area (Å²) in [7, 11) is 0. The van der Waals surface area contributed by atoms with Gasteiger partial charge in [0.05, 0.1) is 5.92 Å². The van der Waals surface area contributed by atoms with E-state index < -0.39 is 0 Å². The van der Waals surface area contributed by atoms with Crippen LogP contribution in [0, 0.1) is 11.8 Å². The van der Waals surface area contributed by atoms with Gasteiger partial charge >= 0.3 is 0 Å². The molecule has 5 heteroatoms. The Morgan fingerprint density at radius 2 is 2.33 bits per heavy atom. The van der Waals surface area contributed by atoms with Crippen LogP contribution >= 0.6 is 0 Å². The Morgan fingerprint density at radius 1 is 1.50 bits per heavy atom. The van der Waals surface area contributed by atoms with Gasteiger partial charge in [0.1, 0.15) is 0 Å². The normalized spacial score (nSPS) is 29.1. The second-order valence-corrected chi connectivity index (χ2v) is 5.33. The molecule has 2 heterocycles. The number of piperidine rings is 1. The van der Waals surface area contributed by atoms with Gasteiger partial charge in [-0.25, -0.2) is 0 Å². The molecule has 2 N–H and O–H groups in total. The lowest BCUT2D eigenvalue weighted by Gasteiger charge is -2.22. The van der Waals surface area contributed by atoms with Crippen LogP contribution in [-0.4, -0.2) is 49.4 Å². The minimum absolute atomic E-state index is 0.0358. The molecule has 5 nitrogen and oxygen atoms in total. The van der Waals surface area contributed by atoms with Crippen LogP contribution in [0.5, 0.6) is 0 Å². The summed E-state index contributed by atoms with van der Waals surface area (Å²) in [5.41, 5.74) is 0. The average Bonchev–Trinajstić information content (AvgIpc) is 2.85. The summed E-state index contributed by atoms with van der Waals surface area (Å²) in [4.78, 5) is 25.4. The van der Waals surface area contributed by atoms with Crippen LogP contribution in [0.2, 0.25) is 0 Å². The van der Waals surface area contributed by atoms with Crippen molar-refractivity contribution in [2.24, 2.45) is 11.8 Å². The minimum Gasteiger partial charge on any atom is -0.355 e. The van der Waals surface area contributed by atoms with Crippen molar-refractivity contribution < 1.29 is 9.59 Å². The zero-order valence-electron chi connectivity index (χ0n) is 11.1. The van der Waals surface area contributed by atoms with Crippen molar-refractivity contribution in [1.29, 1.82) is 0 Å². The summed E-state index contributed by atoms with van der Waals surface area (Å²) in [6.45, 7) is 6.79. The van der Waals surface area contributed by atoms with E-state index in [9.17, 15) is 9.59 Å². The molecule has 0 aromatic rings. The van der Waals surface area contributed by atoms with Crippen molar-refractivity contribution in [3.8, 4) is 0 Å². The second kappa shape index (κ2) is 6.18. The number of likely N-dealkylation sites (tertiary alicyclic amines) is 1. The molecule has 102 valence electrons. The van der Waals surface area contributed by atoms with E-state index in [4.69, 9.17) is 0 Å². The third-order valence-corrected chi connectivity index (χ3v) is 4.02. The molecule has 2 amide bonds. The highest BCUT2D eigenvalue weighted by atomic mass is 16.2. The Hall–Kier alpha value is -1.10. The summed E-state index contributed by atoms with van der Waals surface area (Å²) in [5.74, 6) is 0.719. The van der Waals surface area contributed by atoms with E-state index in [0.717, 1.165) is 26.2 Å². The lowest BCUT2D eigenvalue weighted by atomic mass is 9.98. The Bertz CT molecular complexity index is 309. The van der Waals surface area contributed by atoms with Crippen molar-refractivity contribution in [3.05, 3.63) is 0 Å². The van der Waals surface area contributed by atoms with Crippen molar-refractivity contribution in [2.45, 2.75) is 26.2 Å². The highest BCUT2D eigenvalue weighted by Crippen LogP contribution is 2.15. The number of nitrogens with zero attached hydrogens (tertiary/aromatic N) is 1. The Kier molecular flexibility index (Phi) is 4.58. The topological polar surface area (TPSA) is 61.4 Å². The van der Waals surface area contributed by atoms with E-state index in [-0.39, 0.29) is 17.7 Å². The van der Waals surface area contributed by atoms with E-state index in [2.05, 4.69) is 22.5 Å². The summed E-state index contributed by atoms with van der Waals surface area (Å²) in [6, 6.07) is 0. The molecule has 2 aliphatic rings. The van der Waals surface area contributed by atoms with Gasteiger partial charge in [-0.05, 0) is 31.8 Å². The zero-order chi connectivity index (χ0) is 13.0. The van der Waals surface area contributed by atoms with Gasteiger partial charge in [0.2, 0.25) is 11.8 Å². The fourth-order valence-corrected chi connectivity index (χ4v) is 2.71. The van der Waals surface area contributed by atoms with Gasteiger partial charge in [0.15, 0.2) is 0 Å². The first-order valence-corrected chi connectivity index (χ1v) is 6.95. The molecular formula is C13H23N3O2. The number of rotatable bonds is 4. The maximum Gasteiger partial charge on any atom is 0.224 e. The van der Waals surface area contributed by atoms with Crippen molar-refractivity contribution >= 4 is 11.8 Å². The van der Waals surface area contributed by atoms with E-state index >= 15 is 0 Å². The Labute approximate surface area is 108 Å². The molecule has 2 unspecified atom stereocenters. The Balaban J connectivity index is 1.67. The SMILES string of the molecule is CCN1CCC(CNC(=O)C2CCC(=O)NC2)C1. The predicted molar refractivity (Wildman–Crippen MR) is 69.0 cm³/mol. The number of amides is 2. The van der Waals surface area contributed by atoms with Gasteiger partial charge in [-0.15, -0.1) is 0 Å². The van der Waals surface area contributed by atoms with Crippen LogP contribution < -0.4 is 10.6 Å². The predicted octanol–water partition coefficient (Wildman–Crippen LogP) is -0.0294. The quantitative estimate of drug-likeness (QED) is 0.739. The Morgan fingerprint density at radius 3 is 2.94 bits per heavy atom. The van der Waals surface area contributed by atoms with E-state index in [0.29, 0.717) is 25.3 Å². The molecule has 0 aromatic heterocycles. The fraction of sp³-hybridized carbons (Fsp3) is 0.846. The molecule has 0 spiro atoms. The third kappa shape index (κ3) is 3.45. The summed E-state index contributed by atoms with van der Waals surface area (Å²) in [5, 5.41) is 5.79. The summed E-state index contributed by atoms with van der Waals surface area (Å²) >= 11 is 0. The smallest absolute Gasteiger partial charge is 0.224 e. The van der Waals surface area contributed by atoms with Crippen molar-refractivity contribution in [2.75, 3.05) is 32.7 Å². The standard InChI is InChI=1S/C13H23N3O2/c1-2-16-6-5-10(9-16)7-15-13(18)11-3-4-12(17)14-8-11/h10-11H,2-9H2,1H3,(H,14,17)(H,15,18). The van der Waals surface area contributed by atoms with Gasteiger partial charge in [-0.3, -0.25) is 9.59 Å². The molecule has 2 saturated heterocycles. The van der Waals surface area contributed by atoms with Crippen LogP contribution in [-0.2, 0) is 9.59 Å².